The second-order valence-electron chi connectivity index (χ2n) is 4.71. The maximum Gasteiger partial charge on any atom is 0.259 e. The molecule has 0 aliphatic carbocycles. The van der Waals surface area contributed by atoms with Crippen LogP contribution in [0, 0.1) is 11.6 Å². The highest BCUT2D eigenvalue weighted by atomic mass is 32.2. The molecule has 1 amide bonds. The van der Waals surface area contributed by atoms with Gasteiger partial charge in [0.05, 0.1) is 12.6 Å². The van der Waals surface area contributed by atoms with Crippen LogP contribution in [-0.2, 0) is 14.8 Å². The molecule has 1 aromatic rings. The van der Waals surface area contributed by atoms with E-state index in [9.17, 15) is 22.0 Å². The zero-order valence-corrected chi connectivity index (χ0v) is 12.0. The van der Waals surface area contributed by atoms with Crippen LogP contribution in [0.4, 0.5) is 8.78 Å². The van der Waals surface area contributed by atoms with Crippen molar-refractivity contribution in [2.75, 3.05) is 20.3 Å². The van der Waals surface area contributed by atoms with E-state index in [1.807, 2.05) is 0 Å². The summed E-state index contributed by atoms with van der Waals surface area (Å²) in [6, 6.07) is 1.08. The van der Waals surface area contributed by atoms with Crippen molar-refractivity contribution >= 4 is 15.9 Å². The van der Waals surface area contributed by atoms with Crippen LogP contribution in [0.2, 0.25) is 0 Å². The summed E-state index contributed by atoms with van der Waals surface area (Å²) >= 11 is 0. The van der Waals surface area contributed by atoms with Crippen molar-refractivity contribution in [3.8, 4) is 0 Å². The molecule has 9 heteroatoms. The van der Waals surface area contributed by atoms with E-state index >= 15 is 0 Å². The summed E-state index contributed by atoms with van der Waals surface area (Å²) in [5.41, 5.74) is -0.934. The average Bonchev–Trinajstić information content (AvgIpc) is 2.89. The number of hydrogen-bond acceptors (Lipinski definition) is 4. The number of benzene rings is 1. The van der Waals surface area contributed by atoms with Gasteiger partial charge in [0.15, 0.2) is 5.82 Å². The van der Waals surface area contributed by atoms with Gasteiger partial charge in [0, 0.05) is 13.7 Å². The van der Waals surface area contributed by atoms with Gasteiger partial charge in [-0.25, -0.2) is 22.3 Å². The van der Waals surface area contributed by atoms with Gasteiger partial charge in [0.25, 0.3) is 5.91 Å². The van der Waals surface area contributed by atoms with Gasteiger partial charge in [0.1, 0.15) is 16.3 Å². The van der Waals surface area contributed by atoms with Crippen molar-refractivity contribution in [3.63, 3.8) is 0 Å². The molecule has 0 spiro atoms. The summed E-state index contributed by atoms with van der Waals surface area (Å²) in [4.78, 5) is 12.4. The Morgan fingerprint density at radius 3 is 2.62 bits per heavy atom. The molecular formula is C12H14F2N2O4S. The molecule has 1 atom stereocenters. The molecule has 1 aromatic carbocycles. The van der Waals surface area contributed by atoms with Crippen LogP contribution in [0.3, 0.4) is 0 Å². The fourth-order valence-corrected chi connectivity index (χ4v) is 2.73. The number of amides is 1. The van der Waals surface area contributed by atoms with E-state index in [4.69, 9.17) is 9.88 Å². The van der Waals surface area contributed by atoms with Crippen LogP contribution in [0.25, 0.3) is 0 Å². The molecule has 0 aromatic heterocycles. The molecule has 2 N–H and O–H groups in total. The minimum Gasteiger partial charge on any atom is -0.379 e. The second-order valence-corrected chi connectivity index (χ2v) is 6.24. The molecular weight excluding hydrogens is 306 g/mol. The predicted octanol–water partition coefficient (Wildman–Crippen LogP) is 0.473. The Balaban J connectivity index is 2.45. The molecule has 0 bridgehead atoms. The first-order valence-corrected chi connectivity index (χ1v) is 7.64. The quantitative estimate of drug-likeness (QED) is 0.877. The van der Waals surface area contributed by atoms with Crippen LogP contribution < -0.4 is 5.14 Å². The van der Waals surface area contributed by atoms with Crippen LogP contribution in [-0.4, -0.2) is 45.5 Å². The number of nitrogens with zero attached hydrogens (tertiary/aromatic N) is 1. The Bertz CT molecular complexity index is 672. The molecule has 21 heavy (non-hydrogen) atoms. The number of primary sulfonamides is 1. The van der Waals surface area contributed by atoms with Crippen molar-refractivity contribution in [1.29, 1.82) is 0 Å². The first kappa shape index (κ1) is 15.8. The van der Waals surface area contributed by atoms with Gasteiger partial charge in [0.2, 0.25) is 10.0 Å². The second kappa shape index (κ2) is 5.66. The third kappa shape index (κ3) is 3.04. The van der Waals surface area contributed by atoms with E-state index < -0.39 is 38.0 Å². The predicted molar refractivity (Wildman–Crippen MR) is 69.0 cm³/mol. The molecule has 1 unspecified atom stereocenters. The number of ether oxygens (including phenoxy) is 1. The Labute approximate surface area is 120 Å². The smallest absolute Gasteiger partial charge is 0.259 e. The SMILES string of the molecule is CN(C(=O)c1c(F)ccc(S(N)(=O)=O)c1F)C1CCOC1. The number of carbonyl (C=O) groups excluding carboxylic acids is 1. The van der Waals surface area contributed by atoms with Crippen LogP contribution >= 0.6 is 0 Å². The fraction of sp³-hybridized carbons (Fsp3) is 0.417. The highest BCUT2D eigenvalue weighted by Crippen LogP contribution is 2.23. The number of nitrogens with two attached hydrogens (primary N) is 1. The molecule has 2 rings (SSSR count). The monoisotopic (exact) mass is 320 g/mol. The molecule has 0 radical (unpaired) electrons. The lowest BCUT2D eigenvalue weighted by Crippen LogP contribution is -2.38. The first-order chi connectivity index (χ1) is 9.73. The van der Waals surface area contributed by atoms with Crippen molar-refractivity contribution in [2.24, 2.45) is 5.14 Å². The van der Waals surface area contributed by atoms with E-state index in [2.05, 4.69) is 0 Å². The number of halogens is 2. The lowest BCUT2D eigenvalue weighted by atomic mass is 10.1. The summed E-state index contributed by atoms with van der Waals surface area (Å²) in [5, 5.41) is 4.84. The zero-order chi connectivity index (χ0) is 15.8. The molecule has 6 nitrogen and oxygen atoms in total. The molecule has 1 heterocycles. The summed E-state index contributed by atoms with van der Waals surface area (Å²) in [5.74, 6) is -3.57. The normalized spacial score (nSPS) is 18.8. The number of likely N-dealkylation sites (N-methyl/N-ethyl adjacent to an activating group) is 1. The van der Waals surface area contributed by atoms with E-state index in [0.717, 1.165) is 4.90 Å². The van der Waals surface area contributed by atoms with Gasteiger partial charge >= 0.3 is 0 Å². The van der Waals surface area contributed by atoms with E-state index in [0.29, 0.717) is 25.2 Å². The van der Waals surface area contributed by atoms with E-state index in [1.54, 1.807) is 0 Å². The molecule has 1 fully saturated rings. The number of rotatable bonds is 3. The molecule has 1 aliphatic rings. The van der Waals surface area contributed by atoms with Crippen LogP contribution in [0.1, 0.15) is 16.8 Å². The summed E-state index contributed by atoms with van der Waals surface area (Å²) < 4.78 is 55.5. The van der Waals surface area contributed by atoms with Gasteiger partial charge < -0.3 is 9.64 Å². The van der Waals surface area contributed by atoms with Crippen molar-refractivity contribution in [2.45, 2.75) is 17.4 Å². The van der Waals surface area contributed by atoms with Gasteiger partial charge in [-0.15, -0.1) is 0 Å². The maximum absolute atomic E-state index is 14.1. The zero-order valence-electron chi connectivity index (χ0n) is 11.2. The van der Waals surface area contributed by atoms with Crippen molar-refractivity contribution in [1.82, 2.24) is 4.90 Å². The molecule has 1 saturated heterocycles. The fourth-order valence-electron chi connectivity index (χ4n) is 2.12. The Morgan fingerprint density at radius 2 is 2.10 bits per heavy atom. The maximum atomic E-state index is 14.1. The van der Waals surface area contributed by atoms with Crippen LogP contribution in [0.5, 0.6) is 0 Å². The number of hydrogen-bond donors (Lipinski definition) is 1. The molecule has 1 aliphatic heterocycles. The largest absolute Gasteiger partial charge is 0.379 e. The minimum atomic E-state index is -4.39. The third-order valence-electron chi connectivity index (χ3n) is 3.35. The average molecular weight is 320 g/mol. The van der Waals surface area contributed by atoms with Gasteiger partial charge in [-0.1, -0.05) is 0 Å². The van der Waals surface area contributed by atoms with Crippen LogP contribution in [0.15, 0.2) is 17.0 Å². The van der Waals surface area contributed by atoms with Gasteiger partial charge in [-0.05, 0) is 18.6 Å². The van der Waals surface area contributed by atoms with Gasteiger partial charge in [-0.3, -0.25) is 4.79 Å². The Hall–Kier alpha value is -1.58. The van der Waals surface area contributed by atoms with Gasteiger partial charge in [-0.2, -0.15) is 0 Å². The minimum absolute atomic E-state index is 0.264. The summed E-state index contributed by atoms with van der Waals surface area (Å²) in [7, 11) is -3.01. The summed E-state index contributed by atoms with van der Waals surface area (Å²) in [6.45, 7) is 0.713. The lowest BCUT2D eigenvalue weighted by Gasteiger charge is -2.23. The van der Waals surface area contributed by atoms with Crippen molar-refractivity contribution < 1.29 is 26.7 Å². The highest BCUT2D eigenvalue weighted by molar-refractivity contribution is 7.89. The Kier molecular flexibility index (Phi) is 4.26. The van der Waals surface area contributed by atoms with Crippen molar-refractivity contribution in [3.05, 3.63) is 29.3 Å². The highest BCUT2D eigenvalue weighted by Gasteiger charge is 2.31. The summed E-state index contributed by atoms with van der Waals surface area (Å²) in [6.07, 6.45) is 0.542. The standard InChI is InChI=1S/C12H14F2N2O4S/c1-16(7-4-5-20-6-7)12(17)10-8(13)2-3-9(11(10)14)21(15,18)19/h2-3,7H,4-6H2,1H3,(H2,15,18,19). The number of carbonyl (C=O) groups is 1. The van der Waals surface area contributed by atoms with E-state index in [1.165, 1.54) is 7.05 Å². The third-order valence-corrected chi connectivity index (χ3v) is 4.28. The first-order valence-electron chi connectivity index (χ1n) is 6.09. The lowest BCUT2D eigenvalue weighted by molar-refractivity contribution is 0.0701. The van der Waals surface area contributed by atoms with E-state index in [-0.39, 0.29) is 12.6 Å². The topological polar surface area (TPSA) is 89.7 Å². The Morgan fingerprint density at radius 1 is 1.43 bits per heavy atom. The number of sulfonamides is 1. The molecule has 116 valence electrons. The molecule has 0 saturated carbocycles.